The Bertz CT molecular complexity index is 1280. The number of ether oxygens (including phenoxy) is 1. The average molecular weight is 466 g/mol. The van der Waals surface area contributed by atoms with Gasteiger partial charge < -0.3 is 10.1 Å². The summed E-state index contributed by atoms with van der Waals surface area (Å²) >= 11 is 4.77. The first kappa shape index (κ1) is 22.4. The van der Waals surface area contributed by atoms with Crippen LogP contribution in [0.4, 0.5) is 14.5 Å². The van der Waals surface area contributed by atoms with E-state index in [1.807, 2.05) is 43.3 Å². The second-order valence-corrected chi connectivity index (χ2v) is 7.64. The molecule has 33 heavy (non-hydrogen) atoms. The topological polar surface area (TPSA) is 64.1 Å². The van der Waals surface area contributed by atoms with Crippen LogP contribution in [0.25, 0.3) is 22.4 Å². The Balaban J connectivity index is 1.65. The molecule has 2 aromatic carbocycles. The van der Waals surface area contributed by atoms with Crippen LogP contribution in [-0.4, -0.2) is 21.4 Å². The van der Waals surface area contributed by atoms with Crippen molar-refractivity contribution < 1.29 is 18.3 Å². The van der Waals surface area contributed by atoms with Crippen LogP contribution in [-0.2, 0) is 0 Å². The van der Waals surface area contributed by atoms with E-state index < -0.39 is 11.5 Å². The highest BCUT2D eigenvalue weighted by Crippen LogP contribution is 2.33. The maximum absolute atomic E-state index is 12.9. The van der Waals surface area contributed by atoms with Crippen LogP contribution < -0.4 is 10.1 Å². The predicted octanol–water partition coefficient (Wildman–Crippen LogP) is 6.54. The van der Waals surface area contributed by atoms with Crippen molar-refractivity contribution in [1.29, 1.82) is 0 Å². The second-order valence-electron chi connectivity index (χ2n) is 7.20. The number of halogens is 3. The summed E-state index contributed by atoms with van der Waals surface area (Å²) in [6.45, 7) is 2.00. The molecule has 166 valence electrons. The van der Waals surface area contributed by atoms with Crippen molar-refractivity contribution in [3.63, 3.8) is 0 Å². The van der Waals surface area contributed by atoms with E-state index in [2.05, 4.69) is 20.0 Å². The van der Waals surface area contributed by atoms with Crippen LogP contribution in [0.5, 0.6) is 5.75 Å². The predicted molar refractivity (Wildman–Crippen MR) is 123 cm³/mol. The van der Waals surface area contributed by atoms with E-state index in [1.54, 1.807) is 18.5 Å². The van der Waals surface area contributed by atoms with Gasteiger partial charge in [-0.3, -0.25) is 14.8 Å². The molecule has 0 unspecified atom stereocenters. The van der Waals surface area contributed by atoms with Crippen LogP contribution in [0.2, 0.25) is 0 Å². The lowest BCUT2D eigenvalue weighted by Crippen LogP contribution is -2.16. The van der Waals surface area contributed by atoms with Crippen LogP contribution in [0.1, 0.15) is 15.9 Å². The van der Waals surface area contributed by atoms with Gasteiger partial charge in [0, 0.05) is 52.6 Å². The molecule has 0 atom stereocenters. The van der Waals surface area contributed by atoms with E-state index in [0.29, 0.717) is 11.3 Å². The lowest BCUT2D eigenvalue weighted by molar-refractivity contribution is -0.0964. The molecule has 1 amide bonds. The highest BCUT2D eigenvalue weighted by molar-refractivity contribution is 6.20. The Morgan fingerprint density at radius 2 is 1.76 bits per heavy atom. The molecule has 0 aliphatic heterocycles. The maximum Gasteiger partial charge on any atom is 0.487 e. The zero-order valence-corrected chi connectivity index (χ0v) is 18.2. The monoisotopic (exact) mass is 465 g/mol. The molecule has 0 fully saturated rings. The third-order valence-corrected chi connectivity index (χ3v) is 4.95. The smallest absolute Gasteiger partial charge is 0.420 e. The molecule has 4 aromatic rings. The van der Waals surface area contributed by atoms with Gasteiger partial charge in [0.1, 0.15) is 5.75 Å². The number of hydrogen-bond donors (Lipinski definition) is 1. The summed E-state index contributed by atoms with van der Waals surface area (Å²) in [7, 11) is 0. The highest BCUT2D eigenvalue weighted by Gasteiger charge is 2.27. The van der Waals surface area contributed by atoms with Gasteiger partial charge in [-0.1, -0.05) is 30.3 Å². The highest BCUT2D eigenvalue weighted by atomic mass is 35.5. The van der Waals surface area contributed by atoms with Crippen molar-refractivity contribution in [1.82, 2.24) is 9.97 Å². The minimum atomic E-state index is -3.81. The summed E-state index contributed by atoms with van der Waals surface area (Å²) in [4.78, 5) is 21.7. The van der Waals surface area contributed by atoms with E-state index in [1.165, 1.54) is 30.5 Å². The summed E-state index contributed by atoms with van der Waals surface area (Å²) in [6, 6.07) is 18.8. The molecule has 0 bridgehead atoms. The summed E-state index contributed by atoms with van der Waals surface area (Å²) in [6.07, 6.45) is 4.89. The minimum absolute atomic E-state index is 0.129. The van der Waals surface area contributed by atoms with Gasteiger partial charge in [0.2, 0.25) is 0 Å². The van der Waals surface area contributed by atoms with Crippen molar-refractivity contribution in [3.8, 4) is 28.1 Å². The number of amides is 1. The van der Waals surface area contributed by atoms with Gasteiger partial charge in [-0.2, -0.15) is 0 Å². The van der Waals surface area contributed by atoms with Gasteiger partial charge in [-0.25, -0.2) is 0 Å². The van der Waals surface area contributed by atoms with Gasteiger partial charge in [0.05, 0.1) is 11.3 Å². The van der Waals surface area contributed by atoms with Crippen LogP contribution in [0.15, 0.2) is 85.3 Å². The maximum atomic E-state index is 12.9. The minimum Gasteiger partial charge on any atom is -0.420 e. The number of aromatic nitrogens is 2. The van der Waals surface area contributed by atoms with E-state index in [-0.39, 0.29) is 5.75 Å². The normalized spacial score (nSPS) is 11.2. The number of nitrogens with one attached hydrogen (secondary N) is 1. The number of rotatable bonds is 6. The molecule has 0 aliphatic rings. The van der Waals surface area contributed by atoms with E-state index in [0.717, 1.165) is 27.9 Å². The van der Waals surface area contributed by atoms with Crippen LogP contribution in [0, 0.1) is 6.92 Å². The lowest BCUT2D eigenvalue weighted by atomic mass is 9.96. The fraction of sp³-hybridized carbons (Fsp3) is 0.0800. The van der Waals surface area contributed by atoms with Crippen molar-refractivity contribution in [2.45, 2.75) is 12.5 Å². The van der Waals surface area contributed by atoms with E-state index in [4.69, 9.17) is 11.6 Å². The number of nitrogens with zero attached hydrogens (tertiary/aromatic N) is 2. The first-order chi connectivity index (χ1) is 15.8. The standard InChI is InChI=1S/C25H18ClF2N3O2/c1-16-5-2-3-7-21(16)23-22(17-6-4-12-29-14-17)13-18(15-30-23)24(32)31-19-8-10-20(11-9-19)33-25(26,27)28/h2-15H,1H3,(H,31,32). The fourth-order valence-corrected chi connectivity index (χ4v) is 3.42. The van der Waals surface area contributed by atoms with Gasteiger partial charge in [0.15, 0.2) is 0 Å². The van der Waals surface area contributed by atoms with Gasteiger partial charge in [0.25, 0.3) is 5.91 Å². The molecule has 2 aromatic heterocycles. The number of carbonyl (C=O) groups is 1. The number of alkyl halides is 3. The molecule has 1 N–H and O–H groups in total. The molecule has 5 nitrogen and oxygen atoms in total. The zero-order valence-electron chi connectivity index (χ0n) is 17.4. The lowest BCUT2D eigenvalue weighted by Gasteiger charge is -2.14. The molecule has 0 radical (unpaired) electrons. The Morgan fingerprint density at radius 3 is 2.42 bits per heavy atom. The number of anilines is 1. The largest absolute Gasteiger partial charge is 0.487 e. The average Bonchev–Trinajstić information content (AvgIpc) is 2.80. The van der Waals surface area contributed by atoms with Crippen LogP contribution in [0.3, 0.4) is 0 Å². The second kappa shape index (κ2) is 9.34. The van der Waals surface area contributed by atoms with Crippen molar-refractivity contribution >= 4 is 23.2 Å². The molecule has 2 heterocycles. The Morgan fingerprint density at radius 1 is 1.00 bits per heavy atom. The SMILES string of the molecule is Cc1ccccc1-c1ncc(C(=O)Nc2ccc(OC(F)(F)Cl)cc2)cc1-c1cccnc1. The Hall–Kier alpha value is -3.84. The fourth-order valence-electron chi connectivity index (χ4n) is 3.33. The summed E-state index contributed by atoms with van der Waals surface area (Å²) in [5.74, 6) is -0.531. The molecule has 4 rings (SSSR count). The van der Waals surface area contributed by atoms with Crippen molar-refractivity contribution in [2.75, 3.05) is 5.32 Å². The van der Waals surface area contributed by atoms with E-state index >= 15 is 0 Å². The first-order valence-electron chi connectivity index (χ1n) is 9.94. The summed E-state index contributed by atoms with van der Waals surface area (Å²) in [5, 5.41) is 2.73. The number of carbonyl (C=O) groups excluding carboxylic acids is 1. The zero-order chi connectivity index (χ0) is 23.4. The van der Waals surface area contributed by atoms with Gasteiger partial charge in [-0.05, 0) is 48.9 Å². The van der Waals surface area contributed by atoms with E-state index in [9.17, 15) is 13.6 Å². The number of pyridine rings is 2. The van der Waals surface area contributed by atoms with Crippen molar-refractivity contribution in [3.05, 3.63) is 96.4 Å². The number of benzene rings is 2. The number of aryl methyl sites for hydroxylation is 1. The van der Waals surface area contributed by atoms with Gasteiger partial charge in [-0.15, -0.1) is 8.78 Å². The molecule has 8 heteroatoms. The summed E-state index contributed by atoms with van der Waals surface area (Å²) in [5.41, 5.74) is 1.25. The summed E-state index contributed by atoms with van der Waals surface area (Å²) < 4.78 is 29.8. The molecular weight excluding hydrogens is 448 g/mol. The third-order valence-electron chi connectivity index (χ3n) is 4.87. The quantitative estimate of drug-likeness (QED) is 0.328. The van der Waals surface area contributed by atoms with Crippen molar-refractivity contribution in [2.24, 2.45) is 0 Å². The molecular formula is C25H18ClF2N3O2. The van der Waals surface area contributed by atoms with Gasteiger partial charge >= 0.3 is 5.57 Å². The third kappa shape index (κ3) is 5.51. The Labute approximate surface area is 194 Å². The molecule has 0 spiro atoms. The number of hydrogen-bond acceptors (Lipinski definition) is 4. The molecule has 0 aliphatic carbocycles. The molecule has 0 saturated carbocycles. The van der Waals surface area contributed by atoms with Crippen LogP contribution >= 0.6 is 11.6 Å². The Kier molecular flexibility index (Phi) is 6.33. The molecule has 0 saturated heterocycles. The first-order valence-corrected chi connectivity index (χ1v) is 10.3.